The van der Waals surface area contributed by atoms with E-state index in [1.807, 2.05) is 31.2 Å². The molecular weight excluding hydrogens is 360 g/mol. The minimum atomic E-state index is -3.69. The van der Waals surface area contributed by atoms with Crippen LogP contribution >= 0.6 is 11.3 Å². The molecule has 2 aromatic rings. The van der Waals surface area contributed by atoms with Crippen LogP contribution in [0.1, 0.15) is 31.9 Å². The van der Waals surface area contributed by atoms with Crippen LogP contribution in [0.2, 0.25) is 0 Å². The van der Waals surface area contributed by atoms with Gasteiger partial charge < -0.3 is 10.1 Å². The van der Waals surface area contributed by atoms with Crippen molar-refractivity contribution in [2.45, 2.75) is 36.6 Å². The third kappa shape index (κ3) is 5.04. The highest BCUT2D eigenvalue weighted by Gasteiger charge is 2.24. The molecule has 0 bridgehead atoms. The van der Waals surface area contributed by atoms with E-state index in [0.717, 1.165) is 22.6 Å². The topological polar surface area (TPSA) is 84.5 Å². The van der Waals surface area contributed by atoms with Gasteiger partial charge in [0, 0.05) is 0 Å². The first-order valence-electron chi connectivity index (χ1n) is 7.87. The van der Waals surface area contributed by atoms with E-state index < -0.39 is 16.1 Å². The molecule has 1 amide bonds. The van der Waals surface area contributed by atoms with Crippen molar-refractivity contribution in [3.63, 3.8) is 0 Å². The lowest BCUT2D eigenvalue weighted by atomic mass is 10.0. The highest BCUT2D eigenvalue weighted by Crippen LogP contribution is 2.20. The Bertz CT molecular complexity index is 787. The molecule has 0 spiro atoms. The van der Waals surface area contributed by atoms with E-state index >= 15 is 0 Å². The summed E-state index contributed by atoms with van der Waals surface area (Å²) in [7, 11) is -2.09. The van der Waals surface area contributed by atoms with Crippen LogP contribution in [0.5, 0.6) is 5.75 Å². The molecule has 1 aromatic carbocycles. The van der Waals surface area contributed by atoms with E-state index in [0.29, 0.717) is 6.42 Å². The Morgan fingerprint density at radius 2 is 1.92 bits per heavy atom. The molecule has 2 N–H and O–H groups in total. The number of hydrogen-bond acceptors (Lipinski definition) is 5. The number of rotatable bonds is 8. The summed E-state index contributed by atoms with van der Waals surface area (Å²) >= 11 is 1.11. The summed E-state index contributed by atoms with van der Waals surface area (Å²) in [5.41, 5.74) is 0.935. The molecule has 0 aliphatic carbocycles. The Kier molecular flexibility index (Phi) is 6.57. The quantitative estimate of drug-likeness (QED) is 0.735. The SMILES string of the molecule is CCC(NC(=O)C(C)NS(=O)(=O)c1cccs1)c1ccc(OC)cc1. The number of benzene rings is 1. The number of sulfonamides is 1. The lowest BCUT2D eigenvalue weighted by Gasteiger charge is -2.21. The van der Waals surface area contributed by atoms with E-state index in [4.69, 9.17) is 4.74 Å². The highest BCUT2D eigenvalue weighted by atomic mass is 32.2. The van der Waals surface area contributed by atoms with Crippen LogP contribution in [0.15, 0.2) is 46.0 Å². The third-order valence-corrected chi connectivity index (χ3v) is 6.67. The molecule has 6 nitrogen and oxygen atoms in total. The molecule has 8 heteroatoms. The van der Waals surface area contributed by atoms with Gasteiger partial charge in [-0.3, -0.25) is 4.79 Å². The average molecular weight is 383 g/mol. The normalized spacial score (nSPS) is 13.9. The predicted molar refractivity (Wildman–Crippen MR) is 98.3 cm³/mol. The van der Waals surface area contributed by atoms with Crippen LogP contribution < -0.4 is 14.8 Å². The molecule has 0 fully saturated rings. The Morgan fingerprint density at radius 1 is 1.24 bits per heavy atom. The zero-order chi connectivity index (χ0) is 18.4. The van der Waals surface area contributed by atoms with E-state index in [2.05, 4.69) is 10.0 Å². The largest absolute Gasteiger partial charge is 0.497 e. The first-order valence-corrected chi connectivity index (χ1v) is 10.2. The molecule has 1 heterocycles. The standard InChI is InChI=1S/C17H22N2O4S2/c1-4-15(13-7-9-14(23-3)10-8-13)18-17(20)12(2)19-25(21,22)16-6-5-11-24-16/h5-12,15,19H,4H2,1-3H3,(H,18,20). The summed E-state index contributed by atoms with van der Waals surface area (Å²) in [6.45, 7) is 3.48. The molecule has 136 valence electrons. The van der Waals surface area contributed by atoms with Crippen LogP contribution in [0.25, 0.3) is 0 Å². The highest BCUT2D eigenvalue weighted by molar-refractivity contribution is 7.91. The van der Waals surface area contributed by atoms with E-state index in [1.54, 1.807) is 18.6 Å². The van der Waals surface area contributed by atoms with E-state index in [-0.39, 0.29) is 16.2 Å². The first-order chi connectivity index (χ1) is 11.9. The van der Waals surface area contributed by atoms with Gasteiger partial charge in [-0.15, -0.1) is 11.3 Å². The lowest BCUT2D eigenvalue weighted by molar-refractivity contribution is -0.123. The molecule has 0 radical (unpaired) electrons. The molecule has 1 aromatic heterocycles. The smallest absolute Gasteiger partial charge is 0.250 e. The van der Waals surface area contributed by atoms with Crippen LogP contribution in [-0.4, -0.2) is 27.5 Å². The maximum atomic E-state index is 12.4. The fourth-order valence-electron chi connectivity index (χ4n) is 2.31. The summed E-state index contributed by atoms with van der Waals surface area (Å²) < 4.78 is 32.1. The number of carbonyl (C=O) groups is 1. The molecule has 2 unspecified atom stereocenters. The number of methoxy groups -OCH3 is 1. The third-order valence-electron chi connectivity index (χ3n) is 3.73. The average Bonchev–Trinajstić information content (AvgIpc) is 3.15. The second kappa shape index (κ2) is 8.46. The minimum Gasteiger partial charge on any atom is -0.497 e. The van der Waals surface area contributed by atoms with Crippen molar-refractivity contribution < 1.29 is 17.9 Å². The van der Waals surface area contributed by atoms with Gasteiger partial charge in [0.05, 0.1) is 19.2 Å². The number of thiophene rings is 1. The Labute approximate surface area is 152 Å². The van der Waals surface area contributed by atoms with Gasteiger partial charge in [0.15, 0.2) is 0 Å². The Morgan fingerprint density at radius 3 is 2.44 bits per heavy atom. The van der Waals surface area contributed by atoms with Crippen molar-refractivity contribution >= 4 is 27.3 Å². The van der Waals surface area contributed by atoms with Gasteiger partial charge in [0.25, 0.3) is 10.0 Å². The van der Waals surface area contributed by atoms with Crippen LogP contribution in [-0.2, 0) is 14.8 Å². The second-order valence-electron chi connectivity index (χ2n) is 5.52. The Balaban J connectivity index is 2.03. The summed E-state index contributed by atoms with van der Waals surface area (Å²) in [6.07, 6.45) is 0.683. The number of ether oxygens (including phenoxy) is 1. The lowest BCUT2D eigenvalue weighted by Crippen LogP contribution is -2.45. The molecular formula is C17H22N2O4S2. The van der Waals surface area contributed by atoms with Gasteiger partial charge >= 0.3 is 0 Å². The molecule has 2 atom stereocenters. The fraction of sp³-hybridized carbons (Fsp3) is 0.353. The summed E-state index contributed by atoms with van der Waals surface area (Å²) in [5, 5.41) is 4.56. The van der Waals surface area contributed by atoms with Crippen molar-refractivity contribution in [1.82, 2.24) is 10.0 Å². The van der Waals surface area contributed by atoms with Gasteiger partial charge in [0.2, 0.25) is 5.91 Å². The molecule has 0 aliphatic heterocycles. The monoisotopic (exact) mass is 382 g/mol. The number of hydrogen-bond donors (Lipinski definition) is 2. The first kappa shape index (κ1) is 19.4. The van der Waals surface area contributed by atoms with Gasteiger partial charge in [-0.2, -0.15) is 4.72 Å². The summed E-state index contributed by atoms with van der Waals surface area (Å²) in [4.78, 5) is 12.4. The molecule has 0 saturated carbocycles. The fourth-order valence-corrected chi connectivity index (χ4v) is 4.53. The van der Waals surface area contributed by atoms with Crippen molar-refractivity contribution in [3.8, 4) is 5.75 Å². The van der Waals surface area contributed by atoms with Crippen molar-refractivity contribution in [2.24, 2.45) is 0 Å². The molecule has 0 saturated heterocycles. The maximum absolute atomic E-state index is 12.4. The molecule has 25 heavy (non-hydrogen) atoms. The van der Waals surface area contributed by atoms with Crippen molar-refractivity contribution in [2.75, 3.05) is 7.11 Å². The van der Waals surface area contributed by atoms with E-state index in [1.165, 1.54) is 13.0 Å². The molecule has 2 rings (SSSR count). The van der Waals surface area contributed by atoms with Gasteiger partial charge in [-0.1, -0.05) is 25.1 Å². The predicted octanol–water partition coefficient (Wildman–Crippen LogP) is 2.69. The summed E-state index contributed by atoms with van der Waals surface area (Å²) in [6, 6.07) is 9.50. The van der Waals surface area contributed by atoms with Gasteiger partial charge in [-0.05, 0) is 42.5 Å². The van der Waals surface area contributed by atoms with Crippen molar-refractivity contribution in [3.05, 3.63) is 47.3 Å². The van der Waals surface area contributed by atoms with Crippen LogP contribution in [0.3, 0.4) is 0 Å². The van der Waals surface area contributed by atoms with Crippen molar-refractivity contribution in [1.29, 1.82) is 0 Å². The zero-order valence-corrected chi connectivity index (χ0v) is 16.0. The van der Waals surface area contributed by atoms with Crippen LogP contribution in [0, 0.1) is 0 Å². The number of carbonyl (C=O) groups excluding carboxylic acids is 1. The number of nitrogens with one attached hydrogen (secondary N) is 2. The minimum absolute atomic E-state index is 0.189. The zero-order valence-electron chi connectivity index (χ0n) is 14.4. The van der Waals surface area contributed by atoms with Gasteiger partial charge in [0.1, 0.15) is 9.96 Å². The molecule has 0 aliphatic rings. The summed E-state index contributed by atoms with van der Waals surface area (Å²) in [5.74, 6) is 0.366. The second-order valence-corrected chi connectivity index (χ2v) is 8.41. The number of amides is 1. The van der Waals surface area contributed by atoms with E-state index in [9.17, 15) is 13.2 Å². The maximum Gasteiger partial charge on any atom is 0.250 e. The Hall–Kier alpha value is -1.90. The van der Waals surface area contributed by atoms with Crippen LogP contribution in [0.4, 0.5) is 0 Å². The van der Waals surface area contributed by atoms with Gasteiger partial charge in [-0.25, -0.2) is 8.42 Å².